The van der Waals surface area contributed by atoms with Crippen molar-refractivity contribution < 1.29 is 9.53 Å². The number of carbonyl (C=O) groups is 1. The molecule has 6 nitrogen and oxygen atoms in total. The van der Waals surface area contributed by atoms with Crippen molar-refractivity contribution in [3.63, 3.8) is 0 Å². The number of methoxy groups -OCH3 is 1. The number of fused-ring (bicyclic) bond motifs is 1. The van der Waals surface area contributed by atoms with Gasteiger partial charge < -0.3 is 15.8 Å². The van der Waals surface area contributed by atoms with Crippen molar-refractivity contribution in [3.8, 4) is 5.75 Å². The van der Waals surface area contributed by atoms with Gasteiger partial charge in [0.1, 0.15) is 17.9 Å². The van der Waals surface area contributed by atoms with E-state index >= 15 is 0 Å². The Morgan fingerprint density at radius 1 is 1.14 bits per heavy atom. The number of anilines is 2. The molecular weight excluding hydrogens is 280 g/mol. The van der Waals surface area contributed by atoms with Gasteiger partial charge in [0.05, 0.1) is 12.6 Å². The summed E-state index contributed by atoms with van der Waals surface area (Å²) in [5.74, 6) is 0.939. The second-order valence-electron chi connectivity index (χ2n) is 4.67. The molecule has 0 radical (unpaired) electrons. The SMILES string of the molecule is COc1ccc2ncnc(Nc3ccc(C(N)=O)cc3)c2c1. The molecule has 3 N–H and O–H groups in total. The minimum absolute atomic E-state index is 0.455. The molecule has 2 aromatic carbocycles. The number of aromatic nitrogens is 2. The highest BCUT2D eigenvalue weighted by atomic mass is 16.5. The van der Waals surface area contributed by atoms with E-state index in [-0.39, 0.29) is 0 Å². The normalized spacial score (nSPS) is 10.4. The first kappa shape index (κ1) is 13.8. The first-order valence-electron chi connectivity index (χ1n) is 6.63. The number of benzene rings is 2. The Bertz CT molecular complexity index is 831. The van der Waals surface area contributed by atoms with Gasteiger partial charge in [0.25, 0.3) is 0 Å². The van der Waals surface area contributed by atoms with Crippen molar-refractivity contribution in [1.82, 2.24) is 9.97 Å². The molecule has 0 bridgehead atoms. The maximum absolute atomic E-state index is 11.1. The van der Waals surface area contributed by atoms with Gasteiger partial charge in [-0.25, -0.2) is 9.97 Å². The van der Waals surface area contributed by atoms with Crippen molar-refractivity contribution in [2.45, 2.75) is 0 Å². The van der Waals surface area contributed by atoms with Gasteiger partial charge in [0.2, 0.25) is 5.91 Å². The van der Waals surface area contributed by atoms with Crippen LogP contribution < -0.4 is 15.8 Å². The largest absolute Gasteiger partial charge is 0.497 e. The lowest BCUT2D eigenvalue weighted by Gasteiger charge is -2.09. The first-order chi connectivity index (χ1) is 10.7. The number of nitrogens with zero attached hydrogens (tertiary/aromatic N) is 2. The van der Waals surface area contributed by atoms with E-state index in [1.807, 2.05) is 18.2 Å². The highest BCUT2D eigenvalue weighted by Gasteiger charge is 2.06. The van der Waals surface area contributed by atoms with Crippen LogP contribution >= 0.6 is 0 Å². The Morgan fingerprint density at radius 2 is 1.91 bits per heavy atom. The third-order valence-electron chi connectivity index (χ3n) is 3.27. The smallest absolute Gasteiger partial charge is 0.248 e. The molecule has 0 aliphatic carbocycles. The van der Waals surface area contributed by atoms with E-state index < -0.39 is 5.91 Å². The standard InChI is InChI=1S/C16H14N4O2/c1-22-12-6-7-14-13(8-12)16(19-9-18-14)20-11-4-2-10(3-5-11)15(17)21/h2-9H,1H3,(H2,17,21)(H,18,19,20). The zero-order valence-corrected chi connectivity index (χ0v) is 11.9. The molecule has 0 unspecified atom stereocenters. The summed E-state index contributed by atoms with van der Waals surface area (Å²) in [6, 6.07) is 12.5. The Morgan fingerprint density at radius 3 is 2.59 bits per heavy atom. The molecule has 1 amide bonds. The molecular formula is C16H14N4O2. The molecule has 3 rings (SSSR count). The van der Waals surface area contributed by atoms with Gasteiger partial charge in [-0.2, -0.15) is 0 Å². The van der Waals surface area contributed by atoms with Crippen molar-refractivity contribution in [3.05, 3.63) is 54.4 Å². The minimum atomic E-state index is -0.455. The Balaban J connectivity index is 1.97. The van der Waals surface area contributed by atoms with Crippen molar-refractivity contribution in [2.24, 2.45) is 5.73 Å². The third kappa shape index (κ3) is 2.67. The maximum atomic E-state index is 11.1. The van der Waals surface area contributed by atoms with Crippen molar-refractivity contribution in [1.29, 1.82) is 0 Å². The average molecular weight is 294 g/mol. The van der Waals surface area contributed by atoms with Crippen LogP contribution in [0.2, 0.25) is 0 Å². The van der Waals surface area contributed by atoms with Crippen LogP contribution in [-0.4, -0.2) is 23.0 Å². The molecule has 0 atom stereocenters. The molecule has 0 fully saturated rings. The van der Waals surface area contributed by atoms with Gasteiger partial charge in [0, 0.05) is 16.6 Å². The van der Waals surface area contributed by atoms with E-state index in [9.17, 15) is 4.79 Å². The molecule has 1 aromatic heterocycles. The van der Waals surface area contributed by atoms with Gasteiger partial charge in [-0.05, 0) is 42.5 Å². The van der Waals surface area contributed by atoms with Crippen LogP contribution in [0.15, 0.2) is 48.8 Å². The topological polar surface area (TPSA) is 90.1 Å². The van der Waals surface area contributed by atoms with Gasteiger partial charge in [-0.3, -0.25) is 4.79 Å². The zero-order valence-electron chi connectivity index (χ0n) is 11.9. The van der Waals surface area contributed by atoms with Gasteiger partial charge >= 0.3 is 0 Å². The number of hydrogen-bond acceptors (Lipinski definition) is 5. The lowest BCUT2D eigenvalue weighted by Crippen LogP contribution is -2.10. The number of nitrogens with two attached hydrogens (primary N) is 1. The fourth-order valence-electron chi connectivity index (χ4n) is 2.12. The summed E-state index contributed by atoms with van der Waals surface area (Å²) in [5.41, 5.74) is 7.30. The number of amides is 1. The summed E-state index contributed by atoms with van der Waals surface area (Å²) >= 11 is 0. The molecule has 1 heterocycles. The Kier molecular flexibility index (Phi) is 3.57. The number of nitrogens with one attached hydrogen (secondary N) is 1. The third-order valence-corrected chi connectivity index (χ3v) is 3.27. The molecule has 6 heteroatoms. The summed E-state index contributed by atoms with van der Waals surface area (Å²) in [6.07, 6.45) is 1.49. The molecule has 0 aliphatic heterocycles. The summed E-state index contributed by atoms with van der Waals surface area (Å²) < 4.78 is 5.23. The van der Waals surface area contributed by atoms with Crippen LogP contribution in [0.5, 0.6) is 5.75 Å². The number of carbonyl (C=O) groups excluding carboxylic acids is 1. The fraction of sp³-hybridized carbons (Fsp3) is 0.0625. The van der Waals surface area contributed by atoms with E-state index in [1.165, 1.54) is 6.33 Å². The Labute approximate surface area is 127 Å². The van der Waals surface area contributed by atoms with Crippen LogP contribution in [0, 0.1) is 0 Å². The van der Waals surface area contributed by atoms with Crippen LogP contribution in [0.25, 0.3) is 10.9 Å². The second kappa shape index (κ2) is 5.69. The predicted molar refractivity (Wildman–Crippen MR) is 84.3 cm³/mol. The monoisotopic (exact) mass is 294 g/mol. The fourth-order valence-corrected chi connectivity index (χ4v) is 2.12. The van der Waals surface area contributed by atoms with Crippen molar-refractivity contribution in [2.75, 3.05) is 12.4 Å². The van der Waals surface area contributed by atoms with E-state index in [0.29, 0.717) is 11.4 Å². The number of rotatable bonds is 4. The zero-order chi connectivity index (χ0) is 15.5. The molecule has 22 heavy (non-hydrogen) atoms. The molecule has 0 aliphatic rings. The number of ether oxygens (including phenoxy) is 1. The summed E-state index contributed by atoms with van der Waals surface area (Å²) in [7, 11) is 1.61. The van der Waals surface area contributed by atoms with E-state index in [4.69, 9.17) is 10.5 Å². The van der Waals surface area contributed by atoms with Crippen LogP contribution in [0.1, 0.15) is 10.4 Å². The van der Waals surface area contributed by atoms with E-state index in [1.54, 1.807) is 31.4 Å². The minimum Gasteiger partial charge on any atom is -0.497 e. The molecule has 0 spiro atoms. The molecule has 110 valence electrons. The lowest BCUT2D eigenvalue weighted by molar-refractivity contribution is 0.100. The lowest BCUT2D eigenvalue weighted by atomic mass is 10.2. The van der Waals surface area contributed by atoms with Gasteiger partial charge in [0.15, 0.2) is 0 Å². The number of hydrogen-bond donors (Lipinski definition) is 2. The van der Waals surface area contributed by atoms with E-state index in [0.717, 1.165) is 22.3 Å². The van der Waals surface area contributed by atoms with Crippen LogP contribution in [0.3, 0.4) is 0 Å². The second-order valence-corrected chi connectivity index (χ2v) is 4.67. The molecule has 0 saturated heterocycles. The average Bonchev–Trinajstić information content (AvgIpc) is 2.55. The van der Waals surface area contributed by atoms with Crippen LogP contribution in [0.4, 0.5) is 11.5 Å². The van der Waals surface area contributed by atoms with Crippen molar-refractivity contribution >= 4 is 28.3 Å². The highest BCUT2D eigenvalue weighted by molar-refractivity contribution is 5.94. The highest BCUT2D eigenvalue weighted by Crippen LogP contribution is 2.26. The molecule has 0 saturated carbocycles. The summed E-state index contributed by atoms with van der Waals surface area (Å²) in [6.45, 7) is 0. The Hall–Kier alpha value is -3.15. The predicted octanol–water partition coefficient (Wildman–Crippen LogP) is 2.48. The number of primary amides is 1. The van der Waals surface area contributed by atoms with Gasteiger partial charge in [-0.15, -0.1) is 0 Å². The van der Waals surface area contributed by atoms with Crippen LogP contribution in [-0.2, 0) is 0 Å². The van der Waals surface area contributed by atoms with Gasteiger partial charge in [-0.1, -0.05) is 0 Å². The quantitative estimate of drug-likeness (QED) is 0.771. The molecule has 3 aromatic rings. The first-order valence-corrected chi connectivity index (χ1v) is 6.63. The maximum Gasteiger partial charge on any atom is 0.248 e. The summed E-state index contributed by atoms with van der Waals surface area (Å²) in [5, 5.41) is 4.05. The van der Waals surface area contributed by atoms with E-state index in [2.05, 4.69) is 15.3 Å². The summed E-state index contributed by atoms with van der Waals surface area (Å²) in [4.78, 5) is 19.6.